The van der Waals surface area contributed by atoms with E-state index >= 15 is 0 Å². The summed E-state index contributed by atoms with van der Waals surface area (Å²) in [5.41, 5.74) is 7.29. The Morgan fingerprint density at radius 2 is 2.00 bits per heavy atom. The molecule has 5 heterocycles. The van der Waals surface area contributed by atoms with E-state index in [9.17, 15) is 8.78 Å². The average molecular weight is 495 g/mol. The summed E-state index contributed by atoms with van der Waals surface area (Å²) in [7, 11) is 0. The molecular formula is C25H28F2N8O. The van der Waals surface area contributed by atoms with Crippen LogP contribution in [0.4, 0.5) is 20.5 Å². The molecule has 2 atom stereocenters. The number of nitrogens with two attached hydrogens (primary N) is 1. The minimum absolute atomic E-state index is 0.262. The van der Waals surface area contributed by atoms with Crippen LogP contribution in [0.3, 0.4) is 0 Å². The molecule has 2 aliphatic rings. The highest BCUT2D eigenvalue weighted by Gasteiger charge is 2.33. The van der Waals surface area contributed by atoms with Crippen molar-refractivity contribution in [1.82, 2.24) is 29.4 Å². The van der Waals surface area contributed by atoms with Crippen molar-refractivity contribution in [2.45, 2.75) is 25.4 Å². The fourth-order valence-electron chi connectivity index (χ4n) is 5.28. The number of piperidine rings is 1. The van der Waals surface area contributed by atoms with E-state index in [1.54, 1.807) is 24.5 Å². The molecular weight excluding hydrogens is 466 g/mol. The largest absolute Gasteiger partial charge is 0.461 e. The van der Waals surface area contributed by atoms with Gasteiger partial charge in [-0.15, -0.1) is 5.10 Å². The number of hydrogen-bond acceptors (Lipinski definition) is 8. The van der Waals surface area contributed by atoms with Gasteiger partial charge in [-0.05, 0) is 37.0 Å². The summed E-state index contributed by atoms with van der Waals surface area (Å²) in [5, 5.41) is 7.81. The monoisotopic (exact) mass is 494 g/mol. The predicted octanol–water partition coefficient (Wildman–Crippen LogP) is 3.25. The van der Waals surface area contributed by atoms with Crippen LogP contribution in [0.1, 0.15) is 18.4 Å². The highest BCUT2D eigenvalue weighted by Crippen LogP contribution is 2.27. The molecule has 0 amide bonds. The number of anilines is 2. The lowest BCUT2D eigenvalue weighted by atomic mass is 9.91. The number of rotatable bonds is 6. The maximum Gasteiger partial charge on any atom is 0.225 e. The first kappa shape index (κ1) is 22.9. The maximum atomic E-state index is 14.1. The van der Waals surface area contributed by atoms with Gasteiger partial charge in [0, 0.05) is 63.0 Å². The number of nitrogens with zero attached hydrogens (tertiary/aromatic N) is 6. The number of halogens is 2. The first-order valence-electron chi connectivity index (χ1n) is 12.2. The number of aromatic nitrogens is 4. The molecule has 36 heavy (non-hydrogen) atoms. The van der Waals surface area contributed by atoms with Gasteiger partial charge in [-0.25, -0.2) is 13.8 Å². The Labute approximate surface area is 206 Å². The molecule has 0 unspecified atom stereocenters. The van der Waals surface area contributed by atoms with Crippen LogP contribution >= 0.6 is 0 Å². The number of nitrogen functional groups attached to an aromatic ring is 1. The minimum atomic E-state index is -0.536. The van der Waals surface area contributed by atoms with Crippen LogP contribution in [0.25, 0.3) is 17.2 Å². The van der Waals surface area contributed by atoms with Gasteiger partial charge in [0.1, 0.15) is 17.5 Å². The van der Waals surface area contributed by atoms with E-state index in [4.69, 9.17) is 10.2 Å². The Morgan fingerprint density at radius 1 is 1.08 bits per heavy atom. The van der Waals surface area contributed by atoms with Crippen LogP contribution in [0, 0.1) is 17.6 Å². The number of fused-ring (bicyclic) bond motifs is 2. The van der Waals surface area contributed by atoms with Gasteiger partial charge in [0.2, 0.25) is 11.8 Å². The number of nitrogens with one attached hydrogen (secondary N) is 1. The fourth-order valence-corrected chi connectivity index (χ4v) is 5.28. The zero-order chi connectivity index (χ0) is 24.6. The average Bonchev–Trinajstić information content (AvgIpc) is 3.55. The predicted molar refractivity (Wildman–Crippen MR) is 131 cm³/mol. The molecule has 11 heteroatoms. The van der Waals surface area contributed by atoms with Crippen molar-refractivity contribution < 1.29 is 13.2 Å². The van der Waals surface area contributed by atoms with Gasteiger partial charge in [-0.2, -0.15) is 9.50 Å². The van der Waals surface area contributed by atoms with Crippen molar-refractivity contribution in [3.05, 3.63) is 59.9 Å². The molecule has 0 aliphatic carbocycles. The zero-order valence-electron chi connectivity index (χ0n) is 19.8. The number of hydrogen-bond donors (Lipinski definition) is 2. The molecule has 1 aromatic carbocycles. The van der Waals surface area contributed by atoms with Crippen LogP contribution in [-0.2, 0) is 6.54 Å². The molecule has 4 aromatic rings. The normalized spacial score (nSPS) is 21.1. The zero-order valence-corrected chi connectivity index (χ0v) is 19.8. The van der Waals surface area contributed by atoms with E-state index in [2.05, 4.69) is 30.2 Å². The molecule has 188 valence electrons. The standard InChI is InChI=1S/C25H28F2N8O/c26-18-5-4-17(20(27)10-18)14-33-7-8-34-13-16(3-6-19(34)15-33)12-29-22-11-23-31-24(21-2-1-9-36-21)32-35(23)25(28)30-22/h1-2,4-5,9-11,16,19,29H,3,6-8,12-15H2,(H2,28,30)/t16-,19+/m0/s1. The van der Waals surface area contributed by atoms with E-state index < -0.39 is 11.6 Å². The summed E-state index contributed by atoms with van der Waals surface area (Å²) in [6.07, 6.45) is 3.76. The van der Waals surface area contributed by atoms with E-state index in [0.717, 1.165) is 51.6 Å². The third-order valence-electron chi connectivity index (χ3n) is 7.16. The number of benzene rings is 1. The van der Waals surface area contributed by atoms with Gasteiger partial charge in [-0.3, -0.25) is 9.80 Å². The molecule has 2 aliphatic heterocycles. The Kier molecular flexibility index (Phi) is 6.02. The van der Waals surface area contributed by atoms with Gasteiger partial charge in [0.25, 0.3) is 0 Å². The van der Waals surface area contributed by atoms with Crippen molar-refractivity contribution in [1.29, 1.82) is 0 Å². The minimum Gasteiger partial charge on any atom is -0.461 e. The SMILES string of the molecule is Nc1nc(NC[C@@H]2CC[C@@H]3CN(Cc4ccc(F)cc4F)CCN3C2)cc2nc(-c3ccco3)nn12. The Hall–Kier alpha value is -3.57. The molecule has 6 rings (SSSR count). The lowest BCUT2D eigenvalue weighted by molar-refractivity contribution is 0.0269. The second-order valence-electron chi connectivity index (χ2n) is 9.63. The van der Waals surface area contributed by atoms with Gasteiger partial charge in [-0.1, -0.05) is 6.07 Å². The van der Waals surface area contributed by atoms with Crippen LogP contribution < -0.4 is 11.1 Å². The number of furan rings is 1. The topological polar surface area (TPSA) is 101 Å². The molecule has 0 saturated carbocycles. The van der Waals surface area contributed by atoms with Crippen LogP contribution in [0.15, 0.2) is 47.1 Å². The first-order valence-corrected chi connectivity index (χ1v) is 12.2. The Balaban J connectivity index is 1.04. The van der Waals surface area contributed by atoms with Crippen LogP contribution in [-0.4, -0.2) is 68.1 Å². The quantitative estimate of drug-likeness (QED) is 0.421. The van der Waals surface area contributed by atoms with Gasteiger partial charge >= 0.3 is 0 Å². The smallest absolute Gasteiger partial charge is 0.225 e. The van der Waals surface area contributed by atoms with E-state index in [1.165, 1.54) is 10.6 Å². The molecule has 2 fully saturated rings. The third-order valence-corrected chi connectivity index (χ3v) is 7.16. The molecule has 0 bridgehead atoms. The van der Waals surface area contributed by atoms with Gasteiger partial charge in [0.15, 0.2) is 11.4 Å². The Morgan fingerprint density at radius 3 is 2.83 bits per heavy atom. The maximum absolute atomic E-state index is 14.1. The molecule has 2 saturated heterocycles. The highest BCUT2D eigenvalue weighted by molar-refractivity contribution is 5.58. The number of piperazine rings is 1. The molecule has 3 aromatic heterocycles. The fraction of sp³-hybridized carbons (Fsp3) is 0.400. The van der Waals surface area contributed by atoms with E-state index in [1.807, 2.05) is 6.07 Å². The van der Waals surface area contributed by atoms with Crippen LogP contribution in [0.2, 0.25) is 0 Å². The summed E-state index contributed by atoms with van der Waals surface area (Å²) in [4.78, 5) is 13.8. The lowest BCUT2D eigenvalue weighted by Gasteiger charge is -2.46. The summed E-state index contributed by atoms with van der Waals surface area (Å²) >= 11 is 0. The summed E-state index contributed by atoms with van der Waals surface area (Å²) in [6.45, 7) is 5.01. The second kappa shape index (κ2) is 9.47. The van der Waals surface area contributed by atoms with Gasteiger partial charge in [0.05, 0.1) is 6.26 Å². The lowest BCUT2D eigenvalue weighted by Crippen LogP contribution is -2.56. The summed E-state index contributed by atoms with van der Waals surface area (Å²) in [6, 6.07) is 9.73. The van der Waals surface area contributed by atoms with Crippen molar-refractivity contribution in [2.24, 2.45) is 5.92 Å². The van der Waals surface area contributed by atoms with Gasteiger partial charge < -0.3 is 15.5 Å². The molecule has 9 nitrogen and oxygen atoms in total. The van der Waals surface area contributed by atoms with Crippen molar-refractivity contribution in [3.63, 3.8) is 0 Å². The summed E-state index contributed by atoms with van der Waals surface area (Å²) < 4.78 is 34.2. The van der Waals surface area contributed by atoms with Crippen molar-refractivity contribution >= 4 is 17.4 Å². The molecule has 0 spiro atoms. The molecule has 3 N–H and O–H groups in total. The van der Waals surface area contributed by atoms with E-state index in [0.29, 0.717) is 47.1 Å². The van der Waals surface area contributed by atoms with E-state index in [-0.39, 0.29) is 5.95 Å². The summed E-state index contributed by atoms with van der Waals surface area (Å²) in [5.74, 6) is 1.45. The highest BCUT2D eigenvalue weighted by atomic mass is 19.1. The van der Waals surface area contributed by atoms with Crippen molar-refractivity contribution in [3.8, 4) is 11.6 Å². The van der Waals surface area contributed by atoms with Crippen molar-refractivity contribution in [2.75, 3.05) is 43.8 Å². The third kappa shape index (κ3) is 4.63. The second-order valence-corrected chi connectivity index (χ2v) is 9.63. The van der Waals surface area contributed by atoms with Crippen LogP contribution in [0.5, 0.6) is 0 Å². The first-order chi connectivity index (χ1) is 17.5. The Bertz CT molecular complexity index is 1360. The molecule has 0 radical (unpaired) electrons.